The van der Waals surface area contributed by atoms with Crippen LogP contribution >= 0.6 is 12.2 Å². The van der Waals surface area contributed by atoms with Crippen LogP contribution in [0.1, 0.15) is 37.5 Å². The number of fused-ring (bicyclic) bond motifs is 1. The van der Waals surface area contributed by atoms with Crippen molar-refractivity contribution in [3.63, 3.8) is 0 Å². The number of para-hydroxylation sites is 1. The van der Waals surface area contributed by atoms with Crippen LogP contribution < -0.4 is 20.1 Å². The standard InChI is InChI=1S/C21H26N2O2S/c1-4-15-8-6-7-9-18(15)23-21(26)22-13-17-12-20-16(10-14(3)25-20)11-19(17)24-5-2/h6-9,11-12,14H,4-5,10,13H2,1-3H3,(H2,22,23,26)/t14-/m0/s1. The predicted molar refractivity (Wildman–Crippen MR) is 110 cm³/mol. The molecule has 0 unspecified atom stereocenters. The van der Waals surface area contributed by atoms with Gasteiger partial charge in [-0.3, -0.25) is 0 Å². The smallest absolute Gasteiger partial charge is 0.171 e. The number of benzene rings is 2. The van der Waals surface area contributed by atoms with E-state index in [0.717, 1.165) is 35.6 Å². The van der Waals surface area contributed by atoms with Crippen molar-refractivity contribution in [3.8, 4) is 11.5 Å². The van der Waals surface area contributed by atoms with Crippen molar-refractivity contribution in [1.82, 2.24) is 5.32 Å². The Balaban J connectivity index is 1.69. The molecule has 2 aromatic carbocycles. The molecule has 26 heavy (non-hydrogen) atoms. The minimum Gasteiger partial charge on any atom is -0.494 e. The highest BCUT2D eigenvalue weighted by Gasteiger charge is 2.21. The lowest BCUT2D eigenvalue weighted by atomic mass is 10.1. The summed E-state index contributed by atoms with van der Waals surface area (Å²) in [7, 11) is 0. The van der Waals surface area contributed by atoms with E-state index in [1.165, 1.54) is 11.1 Å². The van der Waals surface area contributed by atoms with E-state index in [9.17, 15) is 0 Å². The summed E-state index contributed by atoms with van der Waals surface area (Å²) in [6.45, 7) is 7.44. The topological polar surface area (TPSA) is 42.5 Å². The number of ether oxygens (including phenoxy) is 2. The van der Waals surface area contributed by atoms with Gasteiger partial charge in [-0.1, -0.05) is 25.1 Å². The van der Waals surface area contributed by atoms with E-state index in [1.54, 1.807) is 0 Å². The second kappa shape index (κ2) is 8.41. The summed E-state index contributed by atoms with van der Waals surface area (Å²) in [5.74, 6) is 1.85. The van der Waals surface area contributed by atoms with E-state index in [-0.39, 0.29) is 6.10 Å². The highest BCUT2D eigenvalue weighted by molar-refractivity contribution is 7.80. The molecule has 0 aromatic heterocycles. The van der Waals surface area contributed by atoms with Crippen molar-refractivity contribution in [1.29, 1.82) is 0 Å². The Labute approximate surface area is 160 Å². The van der Waals surface area contributed by atoms with Gasteiger partial charge in [-0.15, -0.1) is 0 Å². The van der Waals surface area contributed by atoms with Gasteiger partial charge in [-0.05, 0) is 56.2 Å². The molecule has 0 amide bonds. The Morgan fingerprint density at radius 1 is 1.23 bits per heavy atom. The first-order valence-electron chi connectivity index (χ1n) is 9.18. The monoisotopic (exact) mass is 370 g/mol. The molecule has 5 heteroatoms. The van der Waals surface area contributed by atoms with Crippen LogP contribution in [0.2, 0.25) is 0 Å². The van der Waals surface area contributed by atoms with E-state index in [2.05, 4.69) is 42.7 Å². The van der Waals surface area contributed by atoms with Gasteiger partial charge in [0.25, 0.3) is 0 Å². The molecule has 1 aliphatic heterocycles. The highest BCUT2D eigenvalue weighted by Crippen LogP contribution is 2.35. The Hall–Kier alpha value is -2.27. The lowest BCUT2D eigenvalue weighted by Crippen LogP contribution is -2.28. The minimum absolute atomic E-state index is 0.218. The van der Waals surface area contributed by atoms with Crippen molar-refractivity contribution < 1.29 is 9.47 Å². The molecule has 3 rings (SSSR count). The van der Waals surface area contributed by atoms with Gasteiger partial charge in [-0.25, -0.2) is 0 Å². The van der Waals surface area contributed by atoms with Gasteiger partial charge in [-0.2, -0.15) is 0 Å². The molecule has 2 N–H and O–H groups in total. The van der Waals surface area contributed by atoms with Crippen LogP contribution in [0.25, 0.3) is 0 Å². The molecule has 0 aliphatic carbocycles. The van der Waals surface area contributed by atoms with Gasteiger partial charge in [0.05, 0.1) is 6.61 Å². The van der Waals surface area contributed by atoms with Crippen molar-refractivity contribution >= 4 is 23.0 Å². The van der Waals surface area contributed by atoms with Crippen molar-refractivity contribution in [2.24, 2.45) is 0 Å². The van der Waals surface area contributed by atoms with E-state index in [4.69, 9.17) is 21.7 Å². The van der Waals surface area contributed by atoms with Gasteiger partial charge in [0, 0.05) is 29.8 Å². The first-order chi connectivity index (χ1) is 12.6. The molecule has 0 fully saturated rings. The molecule has 4 nitrogen and oxygen atoms in total. The summed E-state index contributed by atoms with van der Waals surface area (Å²) >= 11 is 5.47. The number of thiocarbonyl (C=S) groups is 1. The molecule has 1 aliphatic rings. The molecule has 1 atom stereocenters. The molecular weight excluding hydrogens is 344 g/mol. The molecule has 0 saturated heterocycles. The molecular formula is C21H26N2O2S. The van der Waals surface area contributed by atoms with Gasteiger partial charge in [0.1, 0.15) is 17.6 Å². The lowest BCUT2D eigenvalue weighted by Gasteiger charge is -2.16. The van der Waals surface area contributed by atoms with Gasteiger partial charge < -0.3 is 20.1 Å². The van der Waals surface area contributed by atoms with Crippen LogP contribution in [0.4, 0.5) is 5.69 Å². The molecule has 0 radical (unpaired) electrons. The highest BCUT2D eigenvalue weighted by atomic mass is 32.1. The average Bonchev–Trinajstić information content (AvgIpc) is 2.99. The third-order valence-corrected chi connectivity index (χ3v) is 4.71. The van der Waals surface area contributed by atoms with Crippen LogP contribution in [0.3, 0.4) is 0 Å². The van der Waals surface area contributed by atoms with Gasteiger partial charge >= 0.3 is 0 Å². The Kier molecular flexibility index (Phi) is 5.99. The fourth-order valence-electron chi connectivity index (χ4n) is 3.20. The fraction of sp³-hybridized carbons (Fsp3) is 0.381. The summed E-state index contributed by atoms with van der Waals surface area (Å²) in [4.78, 5) is 0. The number of hydrogen-bond acceptors (Lipinski definition) is 3. The summed E-state index contributed by atoms with van der Waals surface area (Å²) in [5, 5.41) is 7.18. The number of aryl methyl sites for hydroxylation is 1. The average molecular weight is 371 g/mol. The predicted octanol–water partition coefficient (Wildman–Crippen LogP) is 4.46. The summed E-state index contributed by atoms with van der Waals surface area (Å²) in [6, 6.07) is 12.4. The molecule has 0 bridgehead atoms. The maximum Gasteiger partial charge on any atom is 0.171 e. The zero-order chi connectivity index (χ0) is 18.5. The third kappa shape index (κ3) is 4.28. The number of anilines is 1. The number of nitrogens with one attached hydrogen (secondary N) is 2. The van der Waals surface area contributed by atoms with Crippen LogP contribution in [0.15, 0.2) is 36.4 Å². The van der Waals surface area contributed by atoms with Crippen LogP contribution in [-0.2, 0) is 19.4 Å². The Morgan fingerprint density at radius 3 is 2.81 bits per heavy atom. The molecule has 1 heterocycles. The normalized spacial score (nSPS) is 15.1. The molecule has 0 spiro atoms. The Bertz CT molecular complexity index is 792. The molecule has 138 valence electrons. The van der Waals surface area contributed by atoms with Gasteiger partial charge in [0.2, 0.25) is 0 Å². The number of hydrogen-bond donors (Lipinski definition) is 2. The van der Waals surface area contributed by atoms with E-state index < -0.39 is 0 Å². The lowest BCUT2D eigenvalue weighted by molar-refractivity contribution is 0.254. The van der Waals surface area contributed by atoms with E-state index in [1.807, 2.05) is 25.1 Å². The fourth-order valence-corrected chi connectivity index (χ4v) is 3.38. The summed E-state index contributed by atoms with van der Waals surface area (Å²) in [6.07, 6.45) is 2.10. The van der Waals surface area contributed by atoms with Crippen molar-refractivity contribution in [3.05, 3.63) is 53.1 Å². The zero-order valence-electron chi connectivity index (χ0n) is 15.6. The largest absolute Gasteiger partial charge is 0.494 e. The second-order valence-corrected chi connectivity index (χ2v) is 6.86. The first kappa shape index (κ1) is 18.5. The molecule has 2 aromatic rings. The van der Waals surface area contributed by atoms with E-state index in [0.29, 0.717) is 18.3 Å². The van der Waals surface area contributed by atoms with Crippen molar-refractivity contribution in [2.75, 3.05) is 11.9 Å². The number of rotatable bonds is 6. The van der Waals surface area contributed by atoms with Crippen LogP contribution in [0.5, 0.6) is 11.5 Å². The van der Waals surface area contributed by atoms with Crippen LogP contribution in [0, 0.1) is 0 Å². The van der Waals surface area contributed by atoms with Crippen molar-refractivity contribution in [2.45, 2.75) is 46.3 Å². The second-order valence-electron chi connectivity index (χ2n) is 6.45. The minimum atomic E-state index is 0.218. The third-order valence-electron chi connectivity index (χ3n) is 4.46. The molecule has 0 saturated carbocycles. The SMILES string of the molecule is CCOc1cc2c(cc1CNC(=S)Nc1ccccc1CC)O[C@@H](C)C2. The maximum atomic E-state index is 5.88. The van der Waals surface area contributed by atoms with Gasteiger partial charge in [0.15, 0.2) is 5.11 Å². The quantitative estimate of drug-likeness (QED) is 0.735. The maximum absolute atomic E-state index is 5.88. The first-order valence-corrected chi connectivity index (χ1v) is 9.59. The summed E-state index contributed by atoms with van der Waals surface area (Å²) < 4.78 is 11.7. The zero-order valence-corrected chi connectivity index (χ0v) is 16.4. The Morgan fingerprint density at radius 2 is 2.04 bits per heavy atom. The van der Waals surface area contributed by atoms with E-state index >= 15 is 0 Å². The van der Waals surface area contributed by atoms with Crippen LogP contribution in [-0.4, -0.2) is 17.8 Å². The summed E-state index contributed by atoms with van der Waals surface area (Å²) in [5.41, 5.74) is 4.55.